The molecule has 0 bridgehead atoms. The maximum Gasteiger partial charge on any atom is 0.257 e. The summed E-state index contributed by atoms with van der Waals surface area (Å²) in [7, 11) is 3.42. The molecule has 0 aliphatic carbocycles. The van der Waals surface area contributed by atoms with Crippen molar-refractivity contribution in [2.24, 2.45) is 12.0 Å². The zero-order valence-corrected chi connectivity index (χ0v) is 22.9. The number of nitrogens with two attached hydrogens (primary N) is 1. The number of anilines is 2. The quantitative estimate of drug-likeness (QED) is 0.167. The van der Waals surface area contributed by atoms with E-state index in [0.29, 0.717) is 59.3 Å². The average Bonchev–Trinajstić information content (AvgIpc) is 3.62. The third-order valence-electron chi connectivity index (χ3n) is 7.29. The number of H-pyrrole nitrogens is 1. The number of methoxy groups -OCH3 is 1. The van der Waals surface area contributed by atoms with Gasteiger partial charge in [-0.05, 0) is 43.2 Å². The summed E-state index contributed by atoms with van der Waals surface area (Å²) in [5.74, 6) is 1.38. The summed E-state index contributed by atoms with van der Waals surface area (Å²) in [5.41, 5.74) is 11.7. The Balaban J connectivity index is 1.06. The fraction of sp³-hybridized carbons (Fsp3) is 0.267. The van der Waals surface area contributed by atoms with Crippen molar-refractivity contribution in [3.8, 4) is 23.0 Å². The van der Waals surface area contributed by atoms with E-state index < -0.39 is 0 Å². The molecule has 1 atom stereocenters. The molecule has 0 spiro atoms. The van der Waals surface area contributed by atoms with Crippen LogP contribution in [0.3, 0.4) is 0 Å². The Hall–Kier alpha value is -5.06. The monoisotopic (exact) mass is 553 g/mol. The molecule has 2 aromatic heterocycles. The van der Waals surface area contributed by atoms with Gasteiger partial charge in [-0.1, -0.05) is 12.2 Å². The minimum absolute atomic E-state index is 0.0879. The molecule has 2 aliphatic heterocycles. The van der Waals surface area contributed by atoms with Crippen molar-refractivity contribution >= 4 is 46.1 Å². The van der Waals surface area contributed by atoms with Crippen molar-refractivity contribution < 1.29 is 19.1 Å². The molecule has 0 saturated carbocycles. The van der Waals surface area contributed by atoms with Gasteiger partial charge in [-0.15, -0.1) is 0 Å². The van der Waals surface area contributed by atoms with E-state index in [9.17, 15) is 9.59 Å². The number of hydrogen-bond acceptors (Lipinski definition) is 7. The molecule has 210 valence electrons. The molecule has 11 nitrogen and oxygen atoms in total. The SMILES string of the molecule is C=C1C[C@H]2C=Nc3cc(OCCCC(=O)Nc4cc(-c5nc6ccc(N)cc6[nH]5)n(C)c4)c(OC)cc3C(=O)N2C1. The van der Waals surface area contributed by atoms with Crippen LogP contribution in [0.5, 0.6) is 11.5 Å². The van der Waals surface area contributed by atoms with Crippen LogP contribution in [0.15, 0.2) is 59.7 Å². The fourth-order valence-electron chi connectivity index (χ4n) is 5.26. The lowest BCUT2D eigenvalue weighted by atomic mass is 10.1. The molecule has 1 saturated heterocycles. The second-order valence-electron chi connectivity index (χ2n) is 10.3. The number of carbonyl (C=O) groups is 2. The molecular weight excluding hydrogens is 522 g/mol. The maximum absolute atomic E-state index is 13.1. The molecule has 2 aromatic carbocycles. The first-order valence-corrected chi connectivity index (χ1v) is 13.4. The van der Waals surface area contributed by atoms with Crippen molar-refractivity contribution in [1.82, 2.24) is 19.4 Å². The van der Waals surface area contributed by atoms with Gasteiger partial charge in [0.25, 0.3) is 5.91 Å². The molecule has 11 heteroatoms. The number of hydrogen-bond donors (Lipinski definition) is 3. The third-order valence-corrected chi connectivity index (χ3v) is 7.29. The third kappa shape index (κ3) is 5.13. The summed E-state index contributed by atoms with van der Waals surface area (Å²) < 4.78 is 13.4. The molecule has 2 amide bonds. The molecule has 6 rings (SSSR count). The normalized spacial score (nSPS) is 16.0. The first kappa shape index (κ1) is 26.2. The van der Waals surface area contributed by atoms with Gasteiger partial charge in [-0.2, -0.15) is 0 Å². The number of rotatable bonds is 8. The second kappa shape index (κ2) is 10.5. The highest BCUT2D eigenvalue weighted by atomic mass is 16.5. The average molecular weight is 554 g/mol. The number of aromatic amines is 1. The van der Waals surface area contributed by atoms with Gasteiger partial charge in [0.1, 0.15) is 0 Å². The van der Waals surface area contributed by atoms with Crippen LogP contribution in [0.4, 0.5) is 17.1 Å². The smallest absolute Gasteiger partial charge is 0.257 e. The van der Waals surface area contributed by atoms with Crippen molar-refractivity contribution in [1.29, 1.82) is 0 Å². The molecular formula is C30H31N7O4. The van der Waals surface area contributed by atoms with E-state index in [1.54, 1.807) is 23.2 Å². The van der Waals surface area contributed by atoms with E-state index in [2.05, 4.69) is 26.9 Å². The van der Waals surface area contributed by atoms with Crippen LogP contribution in [0.25, 0.3) is 22.6 Å². The molecule has 4 heterocycles. The van der Waals surface area contributed by atoms with Crippen LogP contribution >= 0.6 is 0 Å². The Labute approximate surface area is 236 Å². The number of nitrogen functional groups attached to an aromatic ring is 1. The van der Waals surface area contributed by atoms with E-state index in [0.717, 1.165) is 22.3 Å². The number of imidazole rings is 1. The number of fused-ring (bicyclic) bond motifs is 3. The van der Waals surface area contributed by atoms with Crippen molar-refractivity contribution in [3.63, 3.8) is 0 Å². The van der Waals surface area contributed by atoms with Crippen molar-refractivity contribution in [3.05, 3.63) is 60.3 Å². The van der Waals surface area contributed by atoms with E-state index in [1.165, 1.54) is 7.11 Å². The largest absolute Gasteiger partial charge is 0.493 e. The standard InChI is InChI=1S/C30H31N7O4/c1-17-9-20-14-32-23-13-27(26(40-3)12-21(23)30(39)37(20)15-17)41-8-4-5-28(38)33-19-11-25(36(2)16-19)29-34-22-7-6-18(31)10-24(22)35-29/h6-7,10-14,16,20H,1,4-5,8-9,15,31H2,2-3H3,(H,33,38)(H,34,35)/t20-/m0/s1. The number of ether oxygens (including phenoxy) is 2. The Morgan fingerprint density at radius 3 is 2.93 bits per heavy atom. The van der Waals surface area contributed by atoms with Crippen LogP contribution in [-0.4, -0.2) is 63.8 Å². The number of amides is 2. The maximum atomic E-state index is 13.1. The van der Waals surface area contributed by atoms with Gasteiger partial charge in [-0.25, -0.2) is 4.98 Å². The Morgan fingerprint density at radius 1 is 1.24 bits per heavy atom. The molecule has 0 radical (unpaired) electrons. The van der Waals surface area contributed by atoms with Gasteiger partial charge in [0, 0.05) is 44.2 Å². The molecule has 1 fully saturated rings. The van der Waals surface area contributed by atoms with E-state index in [4.69, 9.17) is 15.2 Å². The Bertz CT molecular complexity index is 1720. The molecule has 0 unspecified atom stereocenters. The van der Waals surface area contributed by atoms with Gasteiger partial charge < -0.3 is 35.0 Å². The lowest BCUT2D eigenvalue weighted by Crippen LogP contribution is -2.35. The van der Waals surface area contributed by atoms with Crippen LogP contribution in [0.1, 0.15) is 29.6 Å². The van der Waals surface area contributed by atoms with Gasteiger partial charge in [0.15, 0.2) is 17.3 Å². The van der Waals surface area contributed by atoms with E-state index in [1.807, 2.05) is 42.1 Å². The predicted molar refractivity (Wildman–Crippen MR) is 158 cm³/mol. The number of nitrogens with zero attached hydrogens (tertiary/aromatic N) is 4. The molecule has 41 heavy (non-hydrogen) atoms. The summed E-state index contributed by atoms with van der Waals surface area (Å²) in [6, 6.07) is 10.7. The topological polar surface area (TPSA) is 140 Å². The zero-order valence-electron chi connectivity index (χ0n) is 22.9. The summed E-state index contributed by atoms with van der Waals surface area (Å²) >= 11 is 0. The number of aliphatic imine (C=N–C) groups is 1. The van der Waals surface area contributed by atoms with E-state index in [-0.39, 0.29) is 30.9 Å². The van der Waals surface area contributed by atoms with Crippen LogP contribution in [0.2, 0.25) is 0 Å². The van der Waals surface area contributed by atoms with Crippen LogP contribution in [0, 0.1) is 0 Å². The number of benzene rings is 2. The molecule has 4 N–H and O–H groups in total. The number of aryl methyl sites for hydroxylation is 1. The van der Waals surface area contributed by atoms with Crippen LogP contribution < -0.4 is 20.5 Å². The lowest BCUT2D eigenvalue weighted by Gasteiger charge is -2.20. The summed E-state index contributed by atoms with van der Waals surface area (Å²) in [5, 5.41) is 2.94. The summed E-state index contributed by atoms with van der Waals surface area (Å²) in [6.45, 7) is 4.83. The summed E-state index contributed by atoms with van der Waals surface area (Å²) in [4.78, 5) is 40.0. The number of nitrogens with one attached hydrogen (secondary N) is 2. The molecule has 4 aromatic rings. The van der Waals surface area contributed by atoms with Crippen LogP contribution in [-0.2, 0) is 11.8 Å². The highest BCUT2D eigenvalue weighted by Crippen LogP contribution is 2.38. The number of aromatic nitrogens is 3. The first-order valence-electron chi connectivity index (χ1n) is 13.4. The first-order chi connectivity index (χ1) is 19.8. The van der Waals surface area contributed by atoms with Crippen molar-refractivity contribution in [2.45, 2.75) is 25.3 Å². The molecule has 2 aliphatic rings. The van der Waals surface area contributed by atoms with Gasteiger partial charge >= 0.3 is 0 Å². The van der Waals surface area contributed by atoms with Gasteiger partial charge in [0.05, 0.1) is 53.4 Å². The minimum atomic E-state index is -0.130. The Morgan fingerprint density at radius 2 is 2.10 bits per heavy atom. The minimum Gasteiger partial charge on any atom is -0.493 e. The second-order valence-corrected chi connectivity index (χ2v) is 10.3. The number of carbonyl (C=O) groups excluding carboxylic acids is 2. The fourth-order valence-corrected chi connectivity index (χ4v) is 5.26. The lowest BCUT2D eigenvalue weighted by molar-refractivity contribution is -0.116. The van der Waals surface area contributed by atoms with Gasteiger partial charge in [0.2, 0.25) is 5.91 Å². The predicted octanol–water partition coefficient (Wildman–Crippen LogP) is 4.44. The highest BCUT2D eigenvalue weighted by Gasteiger charge is 2.34. The summed E-state index contributed by atoms with van der Waals surface area (Å²) in [6.07, 6.45) is 5.09. The zero-order chi connectivity index (χ0) is 28.7. The van der Waals surface area contributed by atoms with E-state index >= 15 is 0 Å². The van der Waals surface area contributed by atoms with Crippen molar-refractivity contribution in [2.75, 3.05) is 31.3 Å². The van der Waals surface area contributed by atoms with Gasteiger partial charge in [-0.3, -0.25) is 14.6 Å². The highest BCUT2D eigenvalue weighted by molar-refractivity contribution is 6.04. The Kier molecular flexibility index (Phi) is 6.70.